The molecule has 9 heteroatoms. The molecule has 38 heavy (non-hydrogen) atoms. The molecule has 1 aliphatic rings. The van der Waals surface area contributed by atoms with Gasteiger partial charge in [-0.25, -0.2) is 28.7 Å². The van der Waals surface area contributed by atoms with Crippen molar-refractivity contribution in [2.45, 2.75) is 45.3 Å². The van der Waals surface area contributed by atoms with Crippen molar-refractivity contribution >= 4 is 11.2 Å². The predicted octanol–water partition coefficient (Wildman–Crippen LogP) is 5.86. The zero-order chi connectivity index (χ0) is 26.2. The Labute approximate surface area is 218 Å². The molecule has 6 rings (SSSR count). The summed E-state index contributed by atoms with van der Waals surface area (Å²) in [6.07, 6.45) is 5.04. The van der Waals surface area contributed by atoms with Crippen LogP contribution in [0, 0.1) is 25.5 Å². The first-order chi connectivity index (χ1) is 18.4. The fourth-order valence-electron chi connectivity index (χ4n) is 4.85. The van der Waals surface area contributed by atoms with Crippen molar-refractivity contribution < 1.29 is 13.5 Å². The van der Waals surface area contributed by atoms with Crippen molar-refractivity contribution in [3.63, 3.8) is 0 Å². The van der Waals surface area contributed by atoms with E-state index >= 15 is 0 Å². The number of aromatic nitrogens is 6. The number of rotatable bonds is 5. The highest BCUT2D eigenvalue weighted by Crippen LogP contribution is 2.38. The minimum atomic E-state index is -0.702. The average Bonchev–Trinajstić information content (AvgIpc) is 3.38. The number of hydrogen-bond donors (Lipinski definition) is 0. The first-order valence-electron chi connectivity index (χ1n) is 12.6. The summed E-state index contributed by atoms with van der Waals surface area (Å²) in [5.74, 6) is -0.838. The maximum atomic E-state index is 14.9. The molecular formula is C29H26F2N6O. The Morgan fingerprint density at radius 3 is 2.61 bits per heavy atom. The van der Waals surface area contributed by atoms with Gasteiger partial charge in [-0.15, -0.1) is 0 Å². The molecule has 192 valence electrons. The van der Waals surface area contributed by atoms with Gasteiger partial charge in [0.15, 0.2) is 5.65 Å². The highest BCUT2D eigenvalue weighted by atomic mass is 19.1. The monoisotopic (exact) mass is 512 g/mol. The maximum absolute atomic E-state index is 14.9. The van der Waals surface area contributed by atoms with Gasteiger partial charge < -0.3 is 4.74 Å². The van der Waals surface area contributed by atoms with Crippen molar-refractivity contribution in [2.75, 3.05) is 6.61 Å². The lowest BCUT2D eigenvalue weighted by Gasteiger charge is -2.28. The van der Waals surface area contributed by atoms with Gasteiger partial charge in [0.1, 0.15) is 28.7 Å². The molecule has 0 radical (unpaired) electrons. The van der Waals surface area contributed by atoms with E-state index in [-0.39, 0.29) is 17.6 Å². The second-order valence-electron chi connectivity index (χ2n) is 9.66. The van der Waals surface area contributed by atoms with Crippen LogP contribution < -0.4 is 0 Å². The lowest BCUT2D eigenvalue weighted by atomic mass is 9.92. The number of nitrogens with zero attached hydrogens (tertiary/aromatic N) is 6. The molecule has 1 fully saturated rings. The highest BCUT2D eigenvalue weighted by molar-refractivity contribution is 5.87. The van der Waals surface area contributed by atoms with E-state index in [0.29, 0.717) is 54.4 Å². The Bertz CT molecular complexity index is 1620. The molecule has 4 heterocycles. The molecule has 5 aromatic rings. The molecular weight excluding hydrogens is 486 g/mol. The summed E-state index contributed by atoms with van der Waals surface area (Å²) in [5, 5.41) is 4.53. The minimum absolute atomic E-state index is 0.0405. The summed E-state index contributed by atoms with van der Waals surface area (Å²) >= 11 is 0. The molecule has 0 saturated carbocycles. The third-order valence-electron chi connectivity index (χ3n) is 7.01. The first kappa shape index (κ1) is 24.2. The molecule has 0 N–H and O–H groups in total. The second-order valence-corrected chi connectivity index (χ2v) is 9.66. The van der Waals surface area contributed by atoms with Crippen LogP contribution in [0.1, 0.15) is 53.2 Å². The van der Waals surface area contributed by atoms with Crippen LogP contribution in [0.25, 0.3) is 22.4 Å². The fourth-order valence-corrected chi connectivity index (χ4v) is 4.85. The van der Waals surface area contributed by atoms with Gasteiger partial charge in [0.05, 0.1) is 30.2 Å². The molecule has 0 bridgehead atoms. The molecule has 1 saturated heterocycles. The molecule has 0 amide bonds. The van der Waals surface area contributed by atoms with E-state index in [1.54, 1.807) is 0 Å². The van der Waals surface area contributed by atoms with Crippen LogP contribution in [0.2, 0.25) is 0 Å². The molecule has 2 aromatic carbocycles. The van der Waals surface area contributed by atoms with Gasteiger partial charge in [-0.2, -0.15) is 5.10 Å². The van der Waals surface area contributed by atoms with Crippen molar-refractivity contribution in [1.82, 2.24) is 29.7 Å². The van der Waals surface area contributed by atoms with Crippen molar-refractivity contribution in [1.29, 1.82) is 0 Å². The van der Waals surface area contributed by atoms with Crippen LogP contribution in [0.3, 0.4) is 0 Å². The Balaban J connectivity index is 1.34. The van der Waals surface area contributed by atoms with Crippen molar-refractivity contribution in [3.05, 3.63) is 101 Å². The Hall–Kier alpha value is -4.11. The number of benzene rings is 2. The van der Waals surface area contributed by atoms with Gasteiger partial charge in [0.25, 0.3) is 0 Å². The number of halogens is 2. The SMILES string of the molecule is Cc1nc2nc([C@@H]3CCO[C@H](c4cnn(Cc5ccccc5)c4)C3)nc(-c3ccc(F)cc3F)c2nc1C. The normalized spacial score (nSPS) is 17.7. The van der Waals surface area contributed by atoms with Crippen molar-refractivity contribution in [2.24, 2.45) is 0 Å². The summed E-state index contributed by atoms with van der Waals surface area (Å²) in [4.78, 5) is 18.8. The zero-order valence-electron chi connectivity index (χ0n) is 21.1. The topological polar surface area (TPSA) is 78.6 Å². The minimum Gasteiger partial charge on any atom is -0.373 e. The summed E-state index contributed by atoms with van der Waals surface area (Å²) in [5.41, 5.74) is 4.88. The largest absolute Gasteiger partial charge is 0.373 e. The lowest BCUT2D eigenvalue weighted by Crippen LogP contribution is -2.20. The lowest BCUT2D eigenvalue weighted by molar-refractivity contribution is 0.00397. The van der Waals surface area contributed by atoms with Crippen molar-refractivity contribution in [3.8, 4) is 11.3 Å². The third-order valence-corrected chi connectivity index (χ3v) is 7.01. The fraction of sp³-hybridized carbons (Fsp3) is 0.276. The number of fused-ring (bicyclic) bond motifs is 1. The molecule has 0 aliphatic carbocycles. The number of ether oxygens (including phenoxy) is 1. The third kappa shape index (κ3) is 4.77. The van der Waals surface area contributed by atoms with Gasteiger partial charge in [-0.05, 0) is 44.4 Å². The number of hydrogen-bond acceptors (Lipinski definition) is 6. The van der Waals surface area contributed by atoms with Crippen LogP contribution in [-0.2, 0) is 11.3 Å². The molecule has 2 atom stereocenters. The molecule has 0 spiro atoms. The van der Waals surface area contributed by atoms with Gasteiger partial charge in [0.2, 0.25) is 0 Å². The zero-order valence-corrected chi connectivity index (χ0v) is 21.1. The van der Waals surface area contributed by atoms with E-state index in [4.69, 9.17) is 14.7 Å². The Morgan fingerprint density at radius 1 is 0.974 bits per heavy atom. The predicted molar refractivity (Wildman–Crippen MR) is 138 cm³/mol. The van der Waals surface area contributed by atoms with Crippen LogP contribution in [0.4, 0.5) is 8.78 Å². The summed E-state index contributed by atoms with van der Waals surface area (Å²) in [7, 11) is 0. The van der Waals surface area contributed by atoms with Crippen LogP contribution >= 0.6 is 0 Å². The molecule has 3 aromatic heterocycles. The molecule has 1 aliphatic heterocycles. The number of aryl methyl sites for hydroxylation is 2. The summed E-state index contributed by atoms with van der Waals surface area (Å²) < 4.78 is 36.6. The highest BCUT2D eigenvalue weighted by Gasteiger charge is 2.29. The standard InChI is InChI=1S/C29H26F2N6O/c1-17-18(2)34-29-27(33-17)26(23-9-8-22(30)13-24(23)31)35-28(36-29)20-10-11-38-25(12-20)21-14-32-37(16-21)15-19-6-4-3-5-7-19/h3-9,13-14,16,20,25H,10-12,15H2,1-2H3/t20-,25+/m1/s1. The van der Waals surface area contributed by atoms with E-state index < -0.39 is 11.6 Å². The summed E-state index contributed by atoms with van der Waals surface area (Å²) in [6, 6.07) is 13.6. The smallest absolute Gasteiger partial charge is 0.182 e. The van der Waals surface area contributed by atoms with E-state index in [1.165, 1.54) is 17.7 Å². The second kappa shape index (κ2) is 9.98. The van der Waals surface area contributed by atoms with Gasteiger partial charge >= 0.3 is 0 Å². The average molecular weight is 513 g/mol. The Morgan fingerprint density at radius 2 is 1.79 bits per heavy atom. The van der Waals surface area contributed by atoms with Gasteiger partial charge in [0, 0.05) is 35.9 Å². The van der Waals surface area contributed by atoms with E-state index in [2.05, 4.69) is 27.2 Å². The van der Waals surface area contributed by atoms with E-state index in [9.17, 15) is 8.78 Å². The van der Waals surface area contributed by atoms with Gasteiger partial charge in [-0.3, -0.25) is 4.68 Å². The molecule has 7 nitrogen and oxygen atoms in total. The van der Waals surface area contributed by atoms with E-state index in [0.717, 1.165) is 17.3 Å². The van der Waals surface area contributed by atoms with Gasteiger partial charge in [-0.1, -0.05) is 30.3 Å². The quantitative estimate of drug-likeness (QED) is 0.293. The first-order valence-corrected chi connectivity index (χ1v) is 12.6. The van der Waals surface area contributed by atoms with Crippen LogP contribution in [-0.4, -0.2) is 36.3 Å². The maximum Gasteiger partial charge on any atom is 0.182 e. The Kier molecular flexibility index (Phi) is 6.37. The van der Waals surface area contributed by atoms with E-state index in [1.807, 2.05) is 49.1 Å². The van der Waals surface area contributed by atoms with Crippen LogP contribution in [0.15, 0.2) is 60.9 Å². The summed E-state index contributed by atoms with van der Waals surface area (Å²) in [6.45, 7) is 4.90. The van der Waals surface area contributed by atoms with Crippen LogP contribution in [0.5, 0.6) is 0 Å². The molecule has 0 unspecified atom stereocenters.